The quantitative estimate of drug-likeness (QED) is 0.344. The van der Waals surface area contributed by atoms with E-state index >= 15 is 0 Å². The standard InChI is InChI=1S/C25H24F3N7O2/c1-2-3-12-34-13-4-5-18(34)23-33-20(21(22(29)36)35(23)30)15-6-8-16(9-7-15)24(37)32-19-14-17(10-11-31-19)25(26,27)28/h6-11,14,18H,4-5,12-13,30H2,1H3,(H2,29,36)(H,31,32,37)/t18-/m0/s1. The Labute approximate surface area is 210 Å². The smallest absolute Gasteiger partial charge is 0.364 e. The molecule has 4 rings (SSSR count). The molecule has 1 fully saturated rings. The molecule has 37 heavy (non-hydrogen) atoms. The van der Waals surface area contributed by atoms with Crippen molar-refractivity contribution in [2.45, 2.75) is 32.0 Å². The van der Waals surface area contributed by atoms with Gasteiger partial charge in [0.1, 0.15) is 17.3 Å². The molecular weight excluding hydrogens is 487 g/mol. The largest absolute Gasteiger partial charge is 0.416 e. The van der Waals surface area contributed by atoms with E-state index in [0.717, 1.165) is 37.7 Å². The number of amides is 2. The number of primary amides is 1. The van der Waals surface area contributed by atoms with Crippen LogP contribution in [0.15, 0.2) is 42.6 Å². The summed E-state index contributed by atoms with van der Waals surface area (Å²) in [5.41, 5.74) is 5.64. The molecule has 0 saturated carbocycles. The predicted molar refractivity (Wildman–Crippen MR) is 131 cm³/mol. The van der Waals surface area contributed by atoms with Gasteiger partial charge in [-0.3, -0.25) is 14.5 Å². The molecular formula is C25H24F3N7O2. The van der Waals surface area contributed by atoms with Crippen LogP contribution in [-0.2, 0) is 6.18 Å². The molecule has 1 aliphatic rings. The van der Waals surface area contributed by atoms with Crippen molar-refractivity contribution in [3.8, 4) is 23.1 Å². The van der Waals surface area contributed by atoms with Crippen LogP contribution in [0.4, 0.5) is 19.0 Å². The molecule has 12 heteroatoms. The van der Waals surface area contributed by atoms with Crippen LogP contribution in [0.3, 0.4) is 0 Å². The first-order valence-corrected chi connectivity index (χ1v) is 11.4. The highest BCUT2D eigenvalue weighted by molar-refractivity contribution is 6.04. The van der Waals surface area contributed by atoms with Crippen LogP contribution in [0, 0.1) is 11.8 Å². The third kappa shape index (κ3) is 5.41. The maximum Gasteiger partial charge on any atom is 0.416 e. The minimum Gasteiger partial charge on any atom is -0.364 e. The topological polar surface area (TPSA) is 132 Å². The first-order chi connectivity index (χ1) is 17.6. The first kappa shape index (κ1) is 25.7. The number of aromatic nitrogens is 3. The molecule has 0 aliphatic carbocycles. The second kappa shape index (κ2) is 10.3. The molecule has 0 radical (unpaired) electrons. The van der Waals surface area contributed by atoms with Crippen molar-refractivity contribution in [1.29, 1.82) is 0 Å². The maximum atomic E-state index is 12.9. The molecule has 1 aliphatic heterocycles. The van der Waals surface area contributed by atoms with E-state index in [0.29, 0.717) is 17.9 Å². The minimum atomic E-state index is -4.56. The van der Waals surface area contributed by atoms with E-state index in [1.807, 2.05) is 0 Å². The highest BCUT2D eigenvalue weighted by Gasteiger charge is 2.33. The summed E-state index contributed by atoms with van der Waals surface area (Å²) in [6.07, 6.45) is -1.88. The number of carbonyl (C=O) groups excluding carboxylic acids is 2. The van der Waals surface area contributed by atoms with Crippen molar-refractivity contribution in [2.75, 3.05) is 24.2 Å². The van der Waals surface area contributed by atoms with Crippen LogP contribution in [0.2, 0.25) is 0 Å². The van der Waals surface area contributed by atoms with E-state index in [1.165, 1.54) is 16.8 Å². The lowest BCUT2D eigenvalue weighted by molar-refractivity contribution is -0.137. The summed E-state index contributed by atoms with van der Waals surface area (Å²) in [5.74, 6) is 11.0. The number of nitrogens with zero attached hydrogens (tertiary/aromatic N) is 4. The van der Waals surface area contributed by atoms with Crippen molar-refractivity contribution in [3.63, 3.8) is 0 Å². The summed E-state index contributed by atoms with van der Waals surface area (Å²) >= 11 is 0. The van der Waals surface area contributed by atoms with Crippen molar-refractivity contribution in [3.05, 3.63) is 65.2 Å². The summed E-state index contributed by atoms with van der Waals surface area (Å²) in [4.78, 5) is 35.4. The summed E-state index contributed by atoms with van der Waals surface area (Å²) in [5, 5.41) is 2.35. The number of nitrogens with two attached hydrogens (primary N) is 2. The number of hydrogen-bond acceptors (Lipinski definition) is 6. The van der Waals surface area contributed by atoms with Crippen molar-refractivity contribution in [1.82, 2.24) is 19.5 Å². The Hall–Kier alpha value is -4.37. The lowest BCUT2D eigenvalue weighted by atomic mass is 10.1. The van der Waals surface area contributed by atoms with Crippen molar-refractivity contribution < 1.29 is 22.8 Å². The summed E-state index contributed by atoms with van der Waals surface area (Å²) in [7, 11) is 0. The number of benzene rings is 1. The Balaban J connectivity index is 1.59. The zero-order valence-corrected chi connectivity index (χ0v) is 19.8. The fraction of sp³-hybridized carbons (Fsp3) is 0.280. The number of hydrogen-bond donors (Lipinski definition) is 3. The van der Waals surface area contributed by atoms with E-state index in [4.69, 9.17) is 11.6 Å². The fourth-order valence-corrected chi connectivity index (χ4v) is 4.25. The number of anilines is 1. The third-order valence-corrected chi connectivity index (χ3v) is 6.04. The van der Waals surface area contributed by atoms with Gasteiger partial charge >= 0.3 is 6.18 Å². The summed E-state index contributed by atoms with van der Waals surface area (Å²) in [6.45, 7) is 3.12. The van der Waals surface area contributed by atoms with Crippen LogP contribution in [0.1, 0.15) is 58.0 Å². The van der Waals surface area contributed by atoms with Gasteiger partial charge in [-0.2, -0.15) is 13.2 Å². The number of pyridine rings is 1. The monoisotopic (exact) mass is 511 g/mol. The number of nitrogen functional groups attached to an aromatic ring is 1. The molecule has 1 aromatic carbocycles. The van der Waals surface area contributed by atoms with E-state index in [-0.39, 0.29) is 28.8 Å². The first-order valence-electron chi connectivity index (χ1n) is 11.4. The van der Waals surface area contributed by atoms with Crippen LogP contribution >= 0.6 is 0 Å². The van der Waals surface area contributed by atoms with Gasteiger partial charge in [0.15, 0.2) is 5.69 Å². The van der Waals surface area contributed by atoms with Crippen LogP contribution < -0.4 is 16.9 Å². The molecule has 0 bridgehead atoms. The Morgan fingerprint density at radius 3 is 2.59 bits per heavy atom. The fourth-order valence-electron chi connectivity index (χ4n) is 4.25. The second-order valence-corrected chi connectivity index (χ2v) is 8.42. The van der Waals surface area contributed by atoms with Gasteiger partial charge < -0.3 is 16.9 Å². The molecule has 2 amide bonds. The van der Waals surface area contributed by atoms with Crippen LogP contribution in [0.5, 0.6) is 0 Å². The number of alkyl halides is 3. The SMILES string of the molecule is CC#CCN1CCC[C@H]1c1nc(-c2ccc(C(=O)Nc3cc(C(F)(F)F)ccn3)cc2)c(C(N)=O)n1N. The average Bonchev–Trinajstić information content (AvgIpc) is 3.46. The zero-order chi connectivity index (χ0) is 26.7. The Kier molecular flexibility index (Phi) is 7.17. The maximum absolute atomic E-state index is 12.9. The number of rotatable bonds is 6. The number of imidazole rings is 1. The predicted octanol–water partition coefficient (Wildman–Crippen LogP) is 3.19. The molecule has 192 valence electrons. The third-order valence-electron chi connectivity index (χ3n) is 6.04. The lowest BCUT2D eigenvalue weighted by Gasteiger charge is -2.21. The van der Waals surface area contributed by atoms with E-state index in [1.54, 1.807) is 19.1 Å². The molecule has 9 nitrogen and oxygen atoms in total. The van der Waals surface area contributed by atoms with Gasteiger partial charge in [-0.15, -0.1) is 5.92 Å². The van der Waals surface area contributed by atoms with Crippen LogP contribution in [0.25, 0.3) is 11.3 Å². The van der Waals surface area contributed by atoms with Gasteiger partial charge in [0, 0.05) is 17.3 Å². The molecule has 1 atom stereocenters. The summed E-state index contributed by atoms with van der Waals surface area (Å²) in [6, 6.07) is 7.45. The molecule has 2 aromatic heterocycles. The second-order valence-electron chi connectivity index (χ2n) is 8.42. The van der Waals surface area contributed by atoms with Gasteiger partial charge in [0.05, 0.1) is 18.2 Å². The van der Waals surface area contributed by atoms with Gasteiger partial charge in [-0.05, 0) is 50.6 Å². The number of carbonyl (C=O) groups is 2. The molecule has 0 spiro atoms. The van der Waals surface area contributed by atoms with Crippen LogP contribution in [-0.4, -0.2) is 44.4 Å². The number of nitrogens with one attached hydrogen (secondary N) is 1. The zero-order valence-electron chi connectivity index (χ0n) is 19.8. The highest BCUT2D eigenvalue weighted by Crippen LogP contribution is 2.34. The Morgan fingerprint density at radius 2 is 1.95 bits per heavy atom. The van der Waals surface area contributed by atoms with Crippen molar-refractivity contribution >= 4 is 17.6 Å². The lowest BCUT2D eigenvalue weighted by Crippen LogP contribution is -2.30. The Bertz CT molecular complexity index is 1390. The average molecular weight is 512 g/mol. The molecule has 1 saturated heterocycles. The summed E-state index contributed by atoms with van der Waals surface area (Å²) < 4.78 is 40.0. The molecule has 0 unspecified atom stereocenters. The van der Waals surface area contributed by atoms with E-state index < -0.39 is 23.6 Å². The normalized spacial score (nSPS) is 15.7. The molecule has 5 N–H and O–H groups in total. The number of likely N-dealkylation sites (tertiary alicyclic amines) is 1. The van der Waals surface area contributed by atoms with Crippen molar-refractivity contribution in [2.24, 2.45) is 5.73 Å². The molecule has 3 aromatic rings. The molecule has 3 heterocycles. The minimum absolute atomic E-state index is 0.0220. The highest BCUT2D eigenvalue weighted by atomic mass is 19.4. The van der Waals surface area contributed by atoms with Gasteiger partial charge in [0.2, 0.25) is 0 Å². The van der Waals surface area contributed by atoms with Gasteiger partial charge in [-0.25, -0.2) is 14.6 Å². The van der Waals surface area contributed by atoms with E-state index in [2.05, 4.69) is 32.0 Å². The Morgan fingerprint density at radius 1 is 1.22 bits per heavy atom. The number of halogens is 3. The van der Waals surface area contributed by atoms with E-state index in [9.17, 15) is 22.8 Å². The van der Waals surface area contributed by atoms with Gasteiger partial charge in [-0.1, -0.05) is 18.1 Å². The van der Waals surface area contributed by atoms with Gasteiger partial charge in [0.25, 0.3) is 11.8 Å².